The molecule has 1 aliphatic rings. The molecule has 0 atom stereocenters. The van der Waals surface area contributed by atoms with Gasteiger partial charge in [0.25, 0.3) is 0 Å². The van der Waals surface area contributed by atoms with Gasteiger partial charge >= 0.3 is 6.09 Å². The van der Waals surface area contributed by atoms with Crippen LogP contribution in [0.1, 0.15) is 39.2 Å². The van der Waals surface area contributed by atoms with Gasteiger partial charge in [-0.15, -0.1) is 0 Å². The molecule has 1 saturated heterocycles. The summed E-state index contributed by atoms with van der Waals surface area (Å²) >= 11 is 12.1. The lowest BCUT2D eigenvalue weighted by Crippen LogP contribution is -2.48. The summed E-state index contributed by atoms with van der Waals surface area (Å²) in [6, 6.07) is 5.45. The molecule has 1 N–H and O–H groups in total. The summed E-state index contributed by atoms with van der Waals surface area (Å²) in [5.41, 5.74) is 0.0530. The van der Waals surface area contributed by atoms with Crippen molar-refractivity contribution in [3.63, 3.8) is 0 Å². The van der Waals surface area contributed by atoms with Gasteiger partial charge in [0.05, 0.1) is 16.7 Å². The molecule has 1 amide bonds. The largest absolute Gasteiger partial charge is 0.444 e. The number of hydrogen-bond acceptors (Lipinski definition) is 3. The fraction of sp³-hybridized carbons (Fsp3) is 0.588. The van der Waals surface area contributed by atoms with Gasteiger partial charge in [0.15, 0.2) is 0 Å². The molecule has 1 aliphatic heterocycles. The second-order valence-corrected chi connectivity index (χ2v) is 7.85. The number of halogens is 2. The van der Waals surface area contributed by atoms with Crippen molar-refractivity contribution in [1.82, 2.24) is 4.90 Å². The standard InChI is InChI=1S/C17H23Cl2NO3/c1-16(2,3)23-15(22)20-8-6-17(11-21,7-9-20)12-4-5-13(18)14(19)10-12/h4-5,10,21H,6-9,11H2,1-3H3. The molecular weight excluding hydrogens is 337 g/mol. The maximum atomic E-state index is 12.2. The van der Waals surface area contributed by atoms with Crippen LogP contribution in [-0.4, -0.2) is 41.4 Å². The van der Waals surface area contributed by atoms with Crippen molar-refractivity contribution in [3.05, 3.63) is 33.8 Å². The van der Waals surface area contributed by atoms with Gasteiger partial charge in [0, 0.05) is 18.5 Å². The molecule has 1 heterocycles. The average Bonchev–Trinajstić information content (AvgIpc) is 2.48. The average molecular weight is 360 g/mol. The van der Waals surface area contributed by atoms with Crippen LogP contribution in [0.2, 0.25) is 10.0 Å². The van der Waals surface area contributed by atoms with E-state index in [2.05, 4.69) is 0 Å². The van der Waals surface area contributed by atoms with Crippen molar-refractivity contribution in [3.8, 4) is 0 Å². The number of hydrogen-bond donors (Lipinski definition) is 1. The summed E-state index contributed by atoms with van der Waals surface area (Å²) in [6.45, 7) is 6.63. The first-order valence-corrected chi connectivity index (χ1v) is 8.47. The molecule has 6 heteroatoms. The van der Waals surface area contributed by atoms with E-state index in [0.29, 0.717) is 36.0 Å². The van der Waals surface area contributed by atoms with E-state index < -0.39 is 11.0 Å². The minimum atomic E-state index is -0.508. The zero-order valence-electron chi connectivity index (χ0n) is 13.7. The molecule has 0 radical (unpaired) electrons. The third-order valence-electron chi connectivity index (χ3n) is 4.21. The summed E-state index contributed by atoms with van der Waals surface area (Å²) in [7, 11) is 0. The summed E-state index contributed by atoms with van der Waals surface area (Å²) in [4.78, 5) is 13.8. The van der Waals surface area contributed by atoms with E-state index >= 15 is 0 Å². The van der Waals surface area contributed by atoms with Crippen LogP contribution >= 0.6 is 23.2 Å². The number of rotatable bonds is 2. The first kappa shape index (κ1) is 18.4. The van der Waals surface area contributed by atoms with Crippen LogP contribution in [-0.2, 0) is 10.2 Å². The minimum Gasteiger partial charge on any atom is -0.444 e. The lowest BCUT2D eigenvalue weighted by molar-refractivity contribution is 0.0123. The van der Waals surface area contributed by atoms with E-state index in [1.54, 1.807) is 11.0 Å². The summed E-state index contributed by atoms with van der Waals surface area (Å²) in [5, 5.41) is 10.9. The first-order valence-electron chi connectivity index (χ1n) is 7.71. The first-order chi connectivity index (χ1) is 10.7. The third-order valence-corrected chi connectivity index (χ3v) is 4.95. The number of nitrogens with zero attached hydrogens (tertiary/aromatic N) is 1. The molecule has 0 bridgehead atoms. The maximum absolute atomic E-state index is 12.2. The van der Waals surface area contributed by atoms with Crippen LogP contribution in [0.15, 0.2) is 18.2 Å². The Morgan fingerprint density at radius 2 is 1.87 bits per heavy atom. The predicted octanol–water partition coefficient (Wildman–Crippen LogP) is 4.25. The number of piperidine rings is 1. The van der Waals surface area contributed by atoms with Crippen molar-refractivity contribution < 1.29 is 14.6 Å². The van der Waals surface area contributed by atoms with Crippen molar-refractivity contribution in [2.24, 2.45) is 0 Å². The zero-order chi connectivity index (χ0) is 17.3. The molecular formula is C17H23Cl2NO3. The number of carbonyl (C=O) groups is 1. The molecule has 4 nitrogen and oxygen atoms in total. The van der Waals surface area contributed by atoms with Gasteiger partial charge in [0.2, 0.25) is 0 Å². The second kappa shape index (κ2) is 6.88. The fourth-order valence-electron chi connectivity index (χ4n) is 2.81. The SMILES string of the molecule is CC(C)(C)OC(=O)N1CCC(CO)(c2ccc(Cl)c(Cl)c2)CC1. The number of aliphatic hydroxyl groups excluding tert-OH is 1. The van der Waals surface area contributed by atoms with Crippen LogP contribution < -0.4 is 0 Å². The second-order valence-electron chi connectivity index (χ2n) is 7.03. The van der Waals surface area contributed by atoms with Crippen LogP contribution in [0, 0.1) is 0 Å². The van der Waals surface area contributed by atoms with E-state index in [4.69, 9.17) is 27.9 Å². The van der Waals surface area contributed by atoms with Crippen molar-refractivity contribution >= 4 is 29.3 Å². The molecule has 0 saturated carbocycles. The number of ether oxygens (including phenoxy) is 1. The molecule has 1 fully saturated rings. The van der Waals surface area contributed by atoms with Gasteiger partial charge in [-0.3, -0.25) is 0 Å². The molecule has 2 rings (SSSR count). The van der Waals surface area contributed by atoms with Crippen LogP contribution in [0.25, 0.3) is 0 Å². The number of benzene rings is 1. The summed E-state index contributed by atoms with van der Waals surface area (Å²) in [5.74, 6) is 0. The lowest BCUT2D eigenvalue weighted by atomic mass is 9.73. The Labute approximate surface area is 147 Å². The van der Waals surface area contributed by atoms with E-state index in [9.17, 15) is 9.90 Å². The monoisotopic (exact) mass is 359 g/mol. The highest BCUT2D eigenvalue weighted by Gasteiger charge is 2.38. The van der Waals surface area contributed by atoms with Gasteiger partial charge in [0.1, 0.15) is 5.60 Å². The number of aliphatic hydroxyl groups is 1. The van der Waals surface area contributed by atoms with Crippen molar-refractivity contribution in [2.75, 3.05) is 19.7 Å². The molecule has 0 aliphatic carbocycles. The topological polar surface area (TPSA) is 49.8 Å². The number of likely N-dealkylation sites (tertiary alicyclic amines) is 1. The Balaban J connectivity index is 2.10. The Morgan fingerprint density at radius 3 is 2.35 bits per heavy atom. The highest BCUT2D eigenvalue weighted by atomic mass is 35.5. The van der Waals surface area contributed by atoms with Gasteiger partial charge in [-0.05, 0) is 51.3 Å². The quantitative estimate of drug-likeness (QED) is 0.858. The molecule has 1 aromatic rings. The van der Waals surface area contributed by atoms with Gasteiger partial charge in [-0.25, -0.2) is 4.79 Å². The number of carbonyl (C=O) groups excluding carboxylic acids is 1. The Bertz CT molecular complexity index is 576. The smallest absolute Gasteiger partial charge is 0.410 e. The molecule has 0 aromatic heterocycles. The highest BCUT2D eigenvalue weighted by Crippen LogP contribution is 2.38. The molecule has 128 valence electrons. The minimum absolute atomic E-state index is 0.00706. The summed E-state index contributed by atoms with van der Waals surface area (Å²) in [6.07, 6.45) is 1.000. The van der Waals surface area contributed by atoms with Crippen LogP contribution in [0.5, 0.6) is 0 Å². The van der Waals surface area contributed by atoms with E-state index in [1.165, 1.54) is 0 Å². The van der Waals surface area contributed by atoms with E-state index in [1.807, 2.05) is 32.9 Å². The fourth-order valence-corrected chi connectivity index (χ4v) is 3.11. The van der Waals surface area contributed by atoms with Gasteiger partial charge in [-0.1, -0.05) is 29.3 Å². The van der Waals surface area contributed by atoms with E-state index in [0.717, 1.165) is 5.56 Å². The zero-order valence-corrected chi connectivity index (χ0v) is 15.2. The van der Waals surface area contributed by atoms with Crippen LogP contribution in [0.4, 0.5) is 4.79 Å². The Morgan fingerprint density at radius 1 is 1.26 bits per heavy atom. The molecule has 0 spiro atoms. The summed E-state index contributed by atoms with van der Waals surface area (Å²) < 4.78 is 5.41. The predicted molar refractivity (Wildman–Crippen MR) is 92.3 cm³/mol. The van der Waals surface area contributed by atoms with Gasteiger partial charge < -0.3 is 14.7 Å². The maximum Gasteiger partial charge on any atom is 0.410 e. The highest BCUT2D eigenvalue weighted by molar-refractivity contribution is 6.42. The van der Waals surface area contributed by atoms with Crippen molar-refractivity contribution in [2.45, 2.75) is 44.6 Å². The van der Waals surface area contributed by atoms with Crippen molar-refractivity contribution in [1.29, 1.82) is 0 Å². The van der Waals surface area contributed by atoms with Crippen LogP contribution in [0.3, 0.4) is 0 Å². The third kappa shape index (κ3) is 4.31. The Hall–Kier alpha value is -0.970. The molecule has 1 aromatic carbocycles. The molecule has 23 heavy (non-hydrogen) atoms. The normalized spacial score (nSPS) is 17.9. The molecule has 0 unspecified atom stereocenters. The number of amides is 1. The lowest BCUT2D eigenvalue weighted by Gasteiger charge is -2.41. The van der Waals surface area contributed by atoms with E-state index in [-0.39, 0.29) is 12.7 Å². The Kier molecular flexibility index (Phi) is 5.49. The van der Waals surface area contributed by atoms with Gasteiger partial charge in [-0.2, -0.15) is 0 Å².